The van der Waals surface area contributed by atoms with E-state index in [2.05, 4.69) is 324 Å². The van der Waals surface area contributed by atoms with Gasteiger partial charge in [0.05, 0.1) is 30.2 Å². The van der Waals surface area contributed by atoms with E-state index < -0.39 is 37.5 Å². The average molecular weight is 1170 g/mol. The first-order chi connectivity index (χ1) is 37.5. The van der Waals surface area contributed by atoms with E-state index in [-0.39, 0.29) is 19.5 Å². The van der Waals surface area contributed by atoms with Crippen molar-refractivity contribution < 1.29 is 34.2 Å². The number of hydrogen-bond acceptors (Lipinski definition) is 3. The summed E-state index contributed by atoms with van der Waals surface area (Å²) < 4.78 is 0. The standard InChI is InChI=1S/C31H35P2.2C18H15P.CH2O2.CO.Rh/c1-27(2)23-25-33(30-19-11-5-12-20-30,31-21-13-6-14-22-31)26-24-32(28-15-7-3-8-16-28)29-17-9-4-10-18-29;2*1-4-10-16(11-5-1)19(17-12-6-2-7-13-17)18-14-8-3-9-15-18;2-1-3;1-2;/h3-22,27H,23-26H2,1-2H3;2*1-15H;1H,(H,2,3);;/q+1;;;;;/p-1. The Morgan fingerprint density at radius 2 is 0.558 bits per heavy atom. The Bertz CT molecular complexity index is 2670. The normalized spacial score (nSPS) is 10.5. The summed E-state index contributed by atoms with van der Waals surface area (Å²) in [6.45, 7) is 8.73. The smallest absolute Gasteiger partial charge is 0.281 e. The minimum atomic E-state index is -1.53. The van der Waals surface area contributed by atoms with Gasteiger partial charge in [-0.25, -0.2) is 0 Å². The zero-order valence-electron chi connectivity index (χ0n) is 43.7. The molecule has 77 heavy (non-hydrogen) atoms. The molecule has 0 amide bonds. The van der Waals surface area contributed by atoms with Gasteiger partial charge >= 0.3 is 0 Å². The van der Waals surface area contributed by atoms with Crippen molar-refractivity contribution in [3.8, 4) is 0 Å². The maximum atomic E-state index is 8.25. The molecule has 0 atom stereocenters. The molecule has 10 aromatic carbocycles. The van der Waals surface area contributed by atoms with Gasteiger partial charge in [0.25, 0.3) is 6.79 Å². The molecule has 8 heteroatoms. The van der Waals surface area contributed by atoms with Gasteiger partial charge in [0.1, 0.15) is 0 Å². The second-order valence-electron chi connectivity index (χ2n) is 17.9. The molecule has 0 N–H and O–H groups in total. The van der Waals surface area contributed by atoms with E-state index in [1.165, 1.54) is 67.3 Å². The molecule has 0 aliphatic carbocycles. The molecule has 0 spiro atoms. The number of hydrogen-bond donors (Lipinski definition) is 0. The van der Waals surface area contributed by atoms with Gasteiger partial charge in [0, 0.05) is 32.1 Å². The number of benzene rings is 10. The van der Waals surface area contributed by atoms with E-state index in [9.17, 15) is 0 Å². The van der Waals surface area contributed by atoms with Crippen molar-refractivity contribution in [2.24, 2.45) is 5.92 Å². The van der Waals surface area contributed by atoms with Crippen LogP contribution in [0, 0.1) is 5.92 Å². The van der Waals surface area contributed by atoms with Gasteiger partial charge in [-0.05, 0) is 103 Å². The summed E-state index contributed by atoms with van der Waals surface area (Å²) >= 11 is 0. The van der Waals surface area contributed by atoms with Gasteiger partial charge in [-0.15, -0.1) is 0 Å². The van der Waals surface area contributed by atoms with Gasteiger partial charge in [-0.2, -0.15) is 0 Å². The third-order valence-electron chi connectivity index (χ3n) is 12.5. The topological polar surface area (TPSA) is 57.2 Å². The average Bonchev–Trinajstić information content (AvgIpc) is 3.50. The Balaban J connectivity index is 0.000000214. The molecule has 3 nitrogen and oxygen atoms in total. The maximum absolute atomic E-state index is 8.25. The van der Waals surface area contributed by atoms with E-state index in [0.29, 0.717) is 5.92 Å². The van der Waals surface area contributed by atoms with Crippen LogP contribution < -0.4 is 58.2 Å². The number of carbonyl (C=O) groups is 1. The molecule has 0 saturated heterocycles. The van der Waals surface area contributed by atoms with Gasteiger partial charge in [-0.3, -0.25) is 4.79 Å². The van der Waals surface area contributed by atoms with Crippen LogP contribution >= 0.6 is 31.0 Å². The third kappa shape index (κ3) is 19.0. The molecular formula is C69H66O3P4Rh. The summed E-state index contributed by atoms with van der Waals surface area (Å²) in [5, 5.41) is 22.7. The van der Waals surface area contributed by atoms with Crippen molar-refractivity contribution >= 4 is 97.3 Å². The third-order valence-corrected chi connectivity index (χ3v) is 24.9. The summed E-state index contributed by atoms with van der Waals surface area (Å²) in [5.41, 5.74) is 0. The SMILES string of the molecule is CC(C)CC[P+](CCP(c1ccccc1)c1ccccc1)(c1ccccc1)c1ccccc1.O=C[O-].[C]=O.[Rh].c1ccc(P(c2ccccc2)c2ccccc2)cc1.c1ccc(P(c2ccccc2)c2ccccc2)cc1. The van der Waals surface area contributed by atoms with Crippen LogP contribution in [0.25, 0.3) is 0 Å². The fourth-order valence-electron chi connectivity index (χ4n) is 8.93. The van der Waals surface area contributed by atoms with E-state index in [1.54, 1.807) is 10.6 Å². The van der Waals surface area contributed by atoms with Crippen LogP contribution in [-0.4, -0.2) is 31.7 Å². The van der Waals surface area contributed by atoms with Gasteiger partial charge in [-0.1, -0.05) is 293 Å². The Kier molecular flexibility index (Phi) is 28.1. The number of rotatable bonds is 16. The zero-order chi connectivity index (χ0) is 53.5. The Morgan fingerprint density at radius 1 is 0.364 bits per heavy atom. The van der Waals surface area contributed by atoms with Crippen LogP contribution in [0.3, 0.4) is 0 Å². The molecule has 0 aliphatic heterocycles. The molecular weight excluding hydrogens is 1100 g/mol. The molecule has 0 saturated carbocycles. The molecule has 3 radical (unpaired) electrons. The first kappa shape index (κ1) is 61.5. The zero-order valence-corrected chi connectivity index (χ0v) is 48.9. The van der Waals surface area contributed by atoms with Crippen molar-refractivity contribution in [2.75, 3.05) is 18.5 Å². The monoisotopic (exact) mass is 1170 g/mol. The van der Waals surface area contributed by atoms with E-state index in [0.717, 1.165) is 0 Å². The van der Waals surface area contributed by atoms with Crippen LogP contribution in [0.4, 0.5) is 0 Å². The molecule has 0 heterocycles. The molecule has 10 aromatic rings. The number of carbonyl (C=O) groups excluding carboxylic acids is 2. The number of carboxylic acid groups (broad SMARTS) is 1. The molecule has 0 aliphatic rings. The van der Waals surface area contributed by atoms with Crippen LogP contribution in [0.15, 0.2) is 303 Å². The Hall–Kier alpha value is -6.32. The summed E-state index contributed by atoms with van der Waals surface area (Å²) in [6, 6.07) is 110. The molecule has 0 aromatic heterocycles. The maximum Gasteiger partial charge on any atom is 0.281 e. The fraction of sp³-hybridized carbons (Fsp3) is 0.101. The van der Waals surface area contributed by atoms with Crippen molar-refractivity contribution in [2.45, 2.75) is 20.3 Å². The second kappa shape index (κ2) is 35.2. The first-order valence-corrected chi connectivity index (χ1v) is 31.9. The largest absolute Gasteiger partial charge is 0.554 e. The first-order valence-electron chi connectivity index (χ1n) is 25.5. The van der Waals surface area contributed by atoms with Crippen molar-refractivity contribution in [1.29, 1.82) is 0 Å². The van der Waals surface area contributed by atoms with Crippen LogP contribution in [-0.2, 0) is 29.1 Å². The van der Waals surface area contributed by atoms with Crippen molar-refractivity contribution in [3.63, 3.8) is 0 Å². The summed E-state index contributed by atoms with van der Waals surface area (Å²) in [4.78, 5) is 15.8. The van der Waals surface area contributed by atoms with Crippen molar-refractivity contribution in [1.82, 2.24) is 0 Å². The Labute approximate surface area is 476 Å². The molecule has 0 unspecified atom stereocenters. The minimum Gasteiger partial charge on any atom is -0.554 e. The van der Waals surface area contributed by atoms with E-state index in [4.69, 9.17) is 14.7 Å². The van der Waals surface area contributed by atoms with Gasteiger partial charge < -0.3 is 9.90 Å². The predicted molar refractivity (Wildman–Crippen MR) is 334 cm³/mol. The van der Waals surface area contributed by atoms with Gasteiger partial charge in [0.15, 0.2) is 0 Å². The summed E-state index contributed by atoms with van der Waals surface area (Å²) in [5.74, 6) is 0.710. The Morgan fingerprint density at radius 3 is 0.766 bits per heavy atom. The van der Waals surface area contributed by atoms with Crippen LogP contribution in [0.2, 0.25) is 0 Å². The second-order valence-corrected chi connectivity index (χ2v) is 28.5. The molecule has 389 valence electrons. The quantitative estimate of drug-likeness (QED) is 0.0550. The van der Waals surface area contributed by atoms with Crippen molar-refractivity contribution in [3.05, 3.63) is 303 Å². The summed E-state index contributed by atoms with van der Waals surface area (Å²) in [6.07, 6.45) is 5.03. The van der Waals surface area contributed by atoms with Crippen LogP contribution in [0.1, 0.15) is 20.3 Å². The molecule has 0 fully saturated rings. The molecule has 10 rings (SSSR count). The van der Waals surface area contributed by atoms with E-state index >= 15 is 0 Å². The van der Waals surface area contributed by atoms with E-state index in [1.807, 2.05) is 0 Å². The fourth-order valence-corrected chi connectivity index (χ4v) is 21.6. The van der Waals surface area contributed by atoms with Crippen LogP contribution in [0.5, 0.6) is 0 Å². The van der Waals surface area contributed by atoms with Gasteiger partial charge in [0.2, 0.25) is 0 Å². The minimum absolute atomic E-state index is 0. The predicted octanol–water partition coefficient (Wildman–Crippen LogP) is 11.7. The molecule has 0 bridgehead atoms. The summed E-state index contributed by atoms with van der Waals surface area (Å²) in [7, 11) is -2.82.